The van der Waals surface area contributed by atoms with Gasteiger partial charge in [-0.25, -0.2) is 0 Å². The number of piperidine rings is 1. The van der Waals surface area contributed by atoms with Gasteiger partial charge in [0.25, 0.3) is 0 Å². The first-order valence-electron chi connectivity index (χ1n) is 8.51. The highest BCUT2D eigenvalue weighted by atomic mass is 127. The number of likely N-dealkylation sites (tertiary alicyclic amines) is 1. The highest BCUT2D eigenvalue weighted by molar-refractivity contribution is 14.0. The maximum absolute atomic E-state index is 6.03. The summed E-state index contributed by atoms with van der Waals surface area (Å²) in [7, 11) is 0. The summed E-state index contributed by atoms with van der Waals surface area (Å²) in [4.78, 5) is 7.08. The van der Waals surface area contributed by atoms with E-state index in [4.69, 9.17) is 5.73 Å². The van der Waals surface area contributed by atoms with Crippen LogP contribution in [-0.4, -0.2) is 36.0 Å². The van der Waals surface area contributed by atoms with Crippen molar-refractivity contribution in [3.05, 3.63) is 29.8 Å². The molecule has 1 aliphatic rings. The molecule has 2 unspecified atom stereocenters. The number of aliphatic imine (C=N–C) groups is 1. The minimum atomic E-state index is 0. The zero-order chi connectivity index (χ0) is 15.9. The van der Waals surface area contributed by atoms with E-state index in [1.165, 1.54) is 31.4 Å². The number of nitrogens with one attached hydrogen (secondary N) is 1. The Balaban J connectivity index is 0.00000264. The number of nitrogens with two attached hydrogens (primary N) is 1. The SMILES string of the molecule is CCc1cccc(NC(N)=NCC(C)N2CCCCC2C)c1.I. The summed E-state index contributed by atoms with van der Waals surface area (Å²) < 4.78 is 0. The molecule has 2 rings (SSSR count). The summed E-state index contributed by atoms with van der Waals surface area (Å²) in [5.74, 6) is 0.504. The molecule has 1 aromatic carbocycles. The molecule has 23 heavy (non-hydrogen) atoms. The predicted octanol–water partition coefficient (Wildman–Crippen LogP) is 3.86. The minimum absolute atomic E-state index is 0. The average Bonchev–Trinajstić information content (AvgIpc) is 2.53. The number of hydrogen-bond donors (Lipinski definition) is 2. The van der Waals surface area contributed by atoms with Crippen molar-refractivity contribution in [1.82, 2.24) is 4.90 Å². The van der Waals surface area contributed by atoms with Gasteiger partial charge in [0.2, 0.25) is 0 Å². The van der Waals surface area contributed by atoms with Gasteiger partial charge in [0, 0.05) is 17.8 Å². The molecule has 0 radical (unpaired) electrons. The molecule has 1 aromatic rings. The lowest BCUT2D eigenvalue weighted by atomic mass is 10.0. The van der Waals surface area contributed by atoms with Crippen LogP contribution < -0.4 is 11.1 Å². The summed E-state index contributed by atoms with van der Waals surface area (Å²) >= 11 is 0. The van der Waals surface area contributed by atoms with Crippen LogP contribution in [0.3, 0.4) is 0 Å². The van der Waals surface area contributed by atoms with Crippen LogP contribution in [0.5, 0.6) is 0 Å². The Morgan fingerprint density at radius 2 is 2.22 bits per heavy atom. The van der Waals surface area contributed by atoms with Gasteiger partial charge in [-0.1, -0.05) is 25.5 Å². The van der Waals surface area contributed by atoms with Crippen LogP contribution in [0.1, 0.15) is 45.6 Å². The molecule has 1 saturated heterocycles. The number of hydrogen-bond acceptors (Lipinski definition) is 2. The fourth-order valence-corrected chi connectivity index (χ4v) is 3.17. The molecule has 0 saturated carbocycles. The van der Waals surface area contributed by atoms with Crippen molar-refractivity contribution in [3.63, 3.8) is 0 Å². The van der Waals surface area contributed by atoms with E-state index in [9.17, 15) is 0 Å². The van der Waals surface area contributed by atoms with Crippen molar-refractivity contribution < 1.29 is 0 Å². The van der Waals surface area contributed by atoms with Gasteiger partial charge in [0.1, 0.15) is 0 Å². The van der Waals surface area contributed by atoms with Crippen LogP contribution in [0.2, 0.25) is 0 Å². The summed E-state index contributed by atoms with van der Waals surface area (Å²) in [5.41, 5.74) is 8.34. The van der Waals surface area contributed by atoms with Crippen LogP contribution in [-0.2, 0) is 6.42 Å². The number of halogens is 1. The van der Waals surface area contributed by atoms with E-state index in [1.807, 2.05) is 12.1 Å². The van der Waals surface area contributed by atoms with E-state index in [0.29, 0.717) is 18.0 Å². The standard InChI is InChI=1S/C18H30N4.HI/c1-4-16-9-7-10-17(12-16)21-18(19)20-13-15(3)22-11-6-5-8-14(22)2;/h7,9-10,12,14-15H,4-6,8,11,13H2,1-3H3,(H3,19,20,21);1H. The van der Waals surface area contributed by atoms with Crippen LogP contribution in [0, 0.1) is 0 Å². The van der Waals surface area contributed by atoms with Gasteiger partial charge < -0.3 is 11.1 Å². The Bertz CT molecular complexity index is 504. The van der Waals surface area contributed by atoms with Gasteiger partial charge in [-0.3, -0.25) is 9.89 Å². The van der Waals surface area contributed by atoms with Gasteiger partial charge in [0.15, 0.2) is 5.96 Å². The lowest BCUT2D eigenvalue weighted by Crippen LogP contribution is -2.45. The first-order chi connectivity index (χ1) is 10.6. The summed E-state index contributed by atoms with van der Waals surface area (Å²) in [6.07, 6.45) is 4.98. The number of nitrogens with zero attached hydrogens (tertiary/aromatic N) is 2. The molecule has 0 bridgehead atoms. The van der Waals surface area contributed by atoms with Crippen molar-refractivity contribution in [2.24, 2.45) is 10.7 Å². The number of aryl methyl sites for hydroxylation is 1. The molecule has 0 aromatic heterocycles. The van der Waals surface area contributed by atoms with Crippen LogP contribution in [0.15, 0.2) is 29.3 Å². The third kappa shape index (κ3) is 6.30. The summed E-state index contributed by atoms with van der Waals surface area (Å²) in [5, 5.41) is 3.20. The van der Waals surface area contributed by atoms with E-state index in [0.717, 1.165) is 18.7 Å². The molecule has 1 fully saturated rings. The Morgan fingerprint density at radius 3 is 2.91 bits per heavy atom. The average molecular weight is 430 g/mol. The molecule has 1 aliphatic heterocycles. The number of rotatable bonds is 5. The van der Waals surface area contributed by atoms with Crippen molar-refractivity contribution in [1.29, 1.82) is 0 Å². The molecule has 1 heterocycles. The van der Waals surface area contributed by atoms with Crippen molar-refractivity contribution in [2.75, 3.05) is 18.4 Å². The van der Waals surface area contributed by atoms with Gasteiger partial charge in [-0.15, -0.1) is 24.0 Å². The smallest absolute Gasteiger partial charge is 0.193 e. The molecule has 0 amide bonds. The predicted molar refractivity (Wildman–Crippen MR) is 111 cm³/mol. The van der Waals surface area contributed by atoms with Crippen LogP contribution in [0.25, 0.3) is 0 Å². The summed E-state index contributed by atoms with van der Waals surface area (Å²) in [6.45, 7) is 8.64. The van der Waals surface area contributed by atoms with Gasteiger partial charge in [-0.05, 0) is 57.4 Å². The number of anilines is 1. The lowest BCUT2D eigenvalue weighted by Gasteiger charge is -2.37. The molecule has 3 N–H and O–H groups in total. The van der Waals surface area contributed by atoms with Crippen molar-refractivity contribution in [3.8, 4) is 0 Å². The Morgan fingerprint density at radius 1 is 1.43 bits per heavy atom. The second kappa shape index (κ2) is 10.1. The lowest BCUT2D eigenvalue weighted by molar-refractivity contribution is 0.118. The molecule has 0 spiro atoms. The molecule has 5 heteroatoms. The van der Waals surface area contributed by atoms with E-state index < -0.39 is 0 Å². The molecule has 0 aliphatic carbocycles. The zero-order valence-corrected chi connectivity index (χ0v) is 16.9. The van der Waals surface area contributed by atoms with Gasteiger partial charge in [-0.2, -0.15) is 0 Å². The largest absolute Gasteiger partial charge is 0.370 e. The molecule has 2 atom stereocenters. The zero-order valence-electron chi connectivity index (χ0n) is 14.6. The van der Waals surface area contributed by atoms with Gasteiger partial charge in [0.05, 0.1) is 6.54 Å². The molecular formula is C18H31IN4. The minimum Gasteiger partial charge on any atom is -0.370 e. The number of benzene rings is 1. The second-order valence-corrected chi connectivity index (χ2v) is 6.34. The maximum Gasteiger partial charge on any atom is 0.193 e. The first kappa shape index (κ1) is 20.2. The fourth-order valence-electron chi connectivity index (χ4n) is 3.17. The summed E-state index contributed by atoms with van der Waals surface area (Å²) in [6, 6.07) is 9.42. The van der Waals surface area contributed by atoms with Crippen molar-refractivity contribution in [2.45, 2.75) is 58.5 Å². The van der Waals surface area contributed by atoms with Gasteiger partial charge >= 0.3 is 0 Å². The maximum atomic E-state index is 6.03. The van der Waals surface area contributed by atoms with Crippen LogP contribution in [0.4, 0.5) is 5.69 Å². The first-order valence-corrected chi connectivity index (χ1v) is 8.51. The highest BCUT2D eigenvalue weighted by Crippen LogP contribution is 2.19. The molecule has 4 nitrogen and oxygen atoms in total. The Hall–Kier alpha value is -0.820. The normalized spacial score (nSPS) is 20.7. The van der Waals surface area contributed by atoms with E-state index in [-0.39, 0.29) is 24.0 Å². The second-order valence-electron chi connectivity index (χ2n) is 6.34. The topological polar surface area (TPSA) is 53.6 Å². The Labute approximate surface area is 157 Å². The monoisotopic (exact) mass is 430 g/mol. The fraction of sp³-hybridized carbons (Fsp3) is 0.611. The Kier molecular flexibility index (Phi) is 8.91. The van der Waals surface area contributed by atoms with Crippen LogP contribution >= 0.6 is 24.0 Å². The number of guanidine groups is 1. The third-order valence-corrected chi connectivity index (χ3v) is 4.55. The van der Waals surface area contributed by atoms with Crippen molar-refractivity contribution >= 4 is 35.6 Å². The van der Waals surface area contributed by atoms with E-state index in [2.05, 4.69) is 48.1 Å². The van der Waals surface area contributed by atoms with E-state index in [1.54, 1.807) is 0 Å². The highest BCUT2D eigenvalue weighted by Gasteiger charge is 2.22. The quantitative estimate of drug-likeness (QED) is 0.424. The third-order valence-electron chi connectivity index (χ3n) is 4.55. The molecular weight excluding hydrogens is 399 g/mol. The molecule has 130 valence electrons. The van der Waals surface area contributed by atoms with E-state index >= 15 is 0 Å².